The number of rotatable bonds is 5. The van der Waals surface area contributed by atoms with Crippen LogP contribution in [0.15, 0.2) is 6.20 Å². The predicted octanol–water partition coefficient (Wildman–Crippen LogP) is 1.49. The maximum Gasteiger partial charge on any atom is 0.163 e. The lowest BCUT2D eigenvalue weighted by atomic mass is 10.2. The average molecular weight is 291 g/mol. The lowest BCUT2D eigenvalue weighted by Crippen LogP contribution is -2.23. The van der Waals surface area contributed by atoms with E-state index in [0.29, 0.717) is 12.4 Å². The molecular formula is C14H21N5O2. The van der Waals surface area contributed by atoms with Gasteiger partial charge in [-0.15, -0.1) is 0 Å². The van der Waals surface area contributed by atoms with E-state index in [1.54, 1.807) is 10.9 Å². The summed E-state index contributed by atoms with van der Waals surface area (Å²) in [7, 11) is 1.88. The minimum Gasteiger partial charge on any atom is -0.381 e. The van der Waals surface area contributed by atoms with Crippen LogP contribution in [-0.4, -0.2) is 45.6 Å². The maximum absolute atomic E-state index is 5.91. The Morgan fingerprint density at radius 3 is 2.95 bits per heavy atom. The van der Waals surface area contributed by atoms with Crippen molar-refractivity contribution in [2.45, 2.75) is 32.5 Å². The summed E-state index contributed by atoms with van der Waals surface area (Å²) in [5.74, 6) is 1.51. The number of hydrogen-bond acceptors (Lipinski definition) is 6. The van der Waals surface area contributed by atoms with Gasteiger partial charge in [0.25, 0.3) is 0 Å². The van der Waals surface area contributed by atoms with E-state index in [4.69, 9.17) is 9.47 Å². The minimum absolute atomic E-state index is 0.243. The fourth-order valence-electron chi connectivity index (χ4n) is 2.47. The Kier molecular flexibility index (Phi) is 4.31. The Hall–Kier alpha value is -1.73. The number of nitrogens with one attached hydrogen (secondary N) is 1. The summed E-state index contributed by atoms with van der Waals surface area (Å²) in [4.78, 5) is 9.11. The summed E-state index contributed by atoms with van der Waals surface area (Å²) < 4.78 is 13.0. The highest BCUT2D eigenvalue weighted by Crippen LogP contribution is 2.20. The topological polar surface area (TPSA) is 74.1 Å². The van der Waals surface area contributed by atoms with Gasteiger partial charge >= 0.3 is 0 Å². The molecule has 0 bridgehead atoms. The second-order valence-electron chi connectivity index (χ2n) is 5.15. The molecule has 0 spiro atoms. The quantitative estimate of drug-likeness (QED) is 0.899. The Balaban J connectivity index is 1.79. The van der Waals surface area contributed by atoms with Crippen molar-refractivity contribution in [3.05, 3.63) is 12.0 Å². The predicted molar refractivity (Wildman–Crippen MR) is 79.1 cm³/mol. The third kappa shape index (κ3) is 3.14. The van der Waals surface area contributed by atoms with Crippen molar-refractivity contribution >= 4 is 16.9 Å². The molecule has 3 heterocycles. The molecule has 1 N–H and O–H groups in total. The van der Waals surface area contributed by atoms with Gasteiger partial charge < -0.3 is 14.8 Å². The van der Waals surface area contributed by atoms with Crippen molar-refractivity contribution in [1.29, 1.82) is 0 Å². The van der Waals surface area contributed by atoms with Crippen LogP contribution in [0.25, 0.3) is 11.0 Å². The van der Waals surface area contributed by atoms with E-state index in [0.717, 1.165) is 49.5 Å². The van der Waals surface area contributed by atoms with Gasteiger partial charge in [-0.05, 0) is 19.8 Å². The maximum atomic E-state index is 5.91. The fraction of sp³-hybridized carbons (Fsp3) is 0.643. The summed E-state index contributed by atoms with van der Waals surface area (Å²) in [5, 5.41) is 8.45. The standard InChI is InChI=1S/C14H21N5O2/c1-3-15-13-11-8-16-19(2)14(11)18-12(17-13)9-21-10-4-6-20-7-5-10/h8,10H,3-7,9H2,1-2H3,(H,15,17,18). The van der Waals surface area contributed by atoms with E-state index >= 15 is 0 Å². The summed E-state index contributed by atoms with van der Waals surface area (Å²) in [6.07, 6.45) is 3.91. The van der Waals surface area contributed by atoms with Gasteiger partial charge in [0, 0.05) is 26.8 Å². The van der Waals surface area contributed by atoms with Crippen LogP contribution >= 0.6 is 0 Å². The molecule has 0 amide bonds. The summed E-state index contributed by atoms with van der Waals surface area (Å²) in [6.45, 7) is 4.82. The third-order valence-electron chi connectivity index (χ3n) is 3.60. The van der Waals surface area contributed by atoms with Crippen molar-refractivity contribution in [2.75, 3.05) is 25.1 Å². The highest BCUT2D eigenvalue weighted by atomic mass is 16.5. The van der Waals surface area contributed by atoms with Crippen molar-refractivity contribution in [1.82, 2.24) is 19.7 Å². The summed E-state index contributed by atoms with van der Waals surface area (Å²) in [6, 6.07) is 0. The molecule has 114 valence electrons. The Bertz CT molecular complexity index is 607. The molecule has 0 atom stereocenters. The molecule has 1 fully saturated rings. The van der Waals surface area contributed by atoms with Crippen LogP contribution < -0.4 is 5.32 Å². The zero-order valence-corrected chi connectivity index (χ0v) is 12.5. The van der Waals surface area contributed by atoms with Crippen molar-refractivity contribution < 1.29 is 9.47 Å². The van der Waals surface area contributed by atoms with E-state index in [2.05, 4.69) is 20.4 Å². The van der Waals surface area contributed by atoms with Crippen molar-refractivity contribution in [2.24, 2.45) is 7.05 Å². The van der Waals surface area contributed by atoms with Crippen molar-refractivity contribution in [3.63, 3.8) is 0 Å². The molecule has 3 rings (SSSR count). The van der Waals surface area contributed by atoms with Crippen LogP contribution in [0, 0.1) is 0 Å². The molecule has 2 aromatic heterocycles. The van der Waals surface area contributed by atoms with Crippen LogP contribution in [0.1, 0.15) is 25.6 Å². The molecule has 0 saturated carbocycles. The zero-order chi connectivity index (χ0) is 14.7. The lowest BCUT2D eigenvalue weighted by Gasteiger charge is -2.22. The van der Waals surface area contributed by atoms with Gasteiger partial charge in [-0.2, -0.15) is 5.10 Å². The van der Waals surface area contributed by atoms with E-state index in [-0.39, 0.29) is 6.10 Å². The Labute approximate surface area is 123 Å². The number of aryl methyl sites for hydroxylation is 1. The summed E-state index contributed by atoms with van der Waals surface area (Å²) in [5.41, 5.74) is 0.825. The Morgan fingerprint density at radius 1 is 1.38 bits per heavy atom. The number of aromatic nitrogens is 4. The van der Waals surface area contributed by atoms with Gasteiger partial charge in [0.05, 0.1) is 17.7 Å². The van der Waals surface area contributed by atoms with Gasteiger partial charge in [0.15, 0.2) is 11.5 Å². The molecule has 21 heavy (non-hydrogen) atoms. The number of ether oxygens (including phenoxy) is 2. The van der Waals surface area contributed by atoms with E-state index in [1.165, 1.54) is 0 Å². The normalized spacial score (nSPS) is 16.5. The van der Waals surface area contributed by atoms with Crippen LogP contribution in [0.4, 0.5) is 5.82 Å². The van der Waals surface area contributed by atoms with Gasteiger partial charge in [-0.1, -0.05) is 0 Å². The van der Waals surface area contributed by atoms with E-state index in [9.17, 15) is 0 Å². The van der Waals surface area contributed by atoms with Crippen LogP contribution in [0.5, 0.6) is 0 Å². The monoisotopic (exact) mass is 291 g/mol. The van der Waals surface area contributed by atoms with E-state index < -0.39 is 0 Å². The number of hydrogen-bond donors (Lipinski definition) is 1. The molecule has 1 aliphatic heterocycles. The van der Waals surface area contributed by atoms with Gasteiger partial charge in [-0.3, -0.25) is 4.68 Å². The summed E-state index contributed by atoms with van der Waals surface area (Å²) >= 11 is 0. The number of anilines is 1. The molecule has 7 heteroatoms. The first kappa shape index (κ1) is 14.2. The molecular weight excluding hydrogens is 270 g/mol. The van der Waals surface area contributed by atoms with Crippen LogP contribution in [0.2, 0.25) is 0 Å². The second-order valence-corrected chi connectivity index (χ2v) is 5.15. The SMILES string of the molecule is CCNc1nc(COC2CCOCC2)nc2c1cnn2C. The number of nitrogens with zero attached hydrogens (tertiary/aromatic N) is 4. The molecule has 0 aliphatic carbocycles. The fourth-order valence-corrected chi connectivity index (χ4v) is 2.47. The lowest BCUT2D eigenvalue weighted by molar-refractivity contribution is -0.0408. The highest BCUT2D eigenvalue weighted by Gasteiger charge is 2.16. The van der Waals surface area contributed by atoms with Crippen LogP contribution in [-0.2, 0) is 23.1 Å². The van der Waals surface area contributed by atoms with Crippen LogP contribution in [0.3, 0.4) is 0 Å². The highest BCUT2D eigenvalue weighted by molar-refractivity contribution is 5.86. The molecule has 7 nitrogen and oxygen atoms in total. The first-order valence-corrected chi connectivity index (χ1v) is 7.39. The molecule has 0 unspecified atom stereocenters. The van der Waals surface area contributed by atoms with Crippen molar-refractivity contribution in [3.8, 4) is 0 Å². The van der Waals surface area contributed by atoms with Gasteiger partial charge in [-0.25, -0.2) is 9.97 Å². The molecule has 1 saturated heterocycles. The molecule has 1 aliphatic rings. The third-order valence-corrected chi connectivity index (χ3v) is 3.60. The van der Waals surface area contributed by atoms with E-state index in [1.807, 2.05) is 14.0 Å². The smallest absolute Gasteiger partial charge is 0.163 e. The Morgan fingerprint density at radius 2 is 2.19 bits per heavy atom. The zero-order valence-electron chi connectivity index (χ0n) is 12.5. The second kappa shape index (κ2) is 6.36. The largest absolute Gasteiger partial charge is 0.381 e. The molecule has 2 aromatic rings. The first-order chi connectivity index (χ1) is 10.3. The number of fused-ring (bicyclic) bond motifs is 1. The van der Waals surface area contributed by atoms with Gasteiger partial charge in [0.1, 0.15) is 12.4 Å². The molecule has 0 radical (unpaired) electrons. The minimum atomic E-state index is 0.243. The first-order valence-electron chi connectivity index (χ1n) is 7.39. The van der Waals surface area contributed by atoms with Gasteiger partial charge in [0.2, 0.25) is 0 Å². The molecule has 0 aromatic carbocycles. The average Bonchev–Trinajstić information content (AvgIpc) is 2.88.